The minimum absolute atomic E-state index is 0.144. The molecule has 3 nitrogen and oxygen atoms in total. The van der Waals surface area contributed by atoms with Gasteiger partial charge in [-0.25, -0.2) is 4.39 Å². The third-order valence-corrected chi connectivity index (χ3v) is 5.77. The van der Waals surface area contributed by atoms with Crippen molar-refractivity contribution in [2.45, 2.75) is 25.6 Å². The standard InChI is InChI=1S/C23H19BrClFN2O/c1-13-2-4-14(5-3-13)20-12-21(18-11-16(25)7-9-22(18)29)28-23(27-20)17-10-15(24)6-8-19(17)26/h2-11,21,23,28-29H,12H2,1H3/t21-,23-/m1/s1. The molecule has 0 radical (unpaired) electrons. The SMILES string of the molecule is Cc1ccc(C2=N[C@@H](c3cc(Br)ccc3F)N[C@@H](c3cc(Cl)ccc3O)C2)cc1. The molecule has 0 amide bonds. The molecule has 6 heteroatoms. The molecular weight excluding hydrogens is 455 g/mol. The van der Waals surface area contributed by atoms with Crippen LogP contribution in [0.3, 0.4) is 0 Å². The molecule has 0 spiro atoms. The molecule has 1 heterocycles. The number of nitrogens with one attached hydrogen (secondary N) is 1. The fourth-order valence-corrected chi connectivity index (χ4v) is 4.07. The zero-order valence-corrected chi connectivity index (χ0v) is 18.0. The van der Waals surface area contributed by atoms with Gasteiger partial charge in [-0.2, -0.15) is 0 Å². The van der Waals surface area contributed by atoms with Gasteiger partial charge in [0.1, 0.15) is 17.7 Å². The molecule has 0 bridgehead atoms. The number of aromatic hydroxyl groups is 1. The molecular formula is C23H19BrClFN2O. The van der Waals surface area contributed by atoms with E-state index >= 15 is 0 Å². The maximum Gasteiger partial charge on any atom is 0.129 e. The number of aryl methyl sites for hydroxylation is 1. The van der Waals surface area contributed by atoms with Crippen LogP contribution in [0.1, 0.15) is 40.9 Å². The number of hydrogen-bond acceptors (Lipinski definition) is 3. The van der Waals surface area contributed by atoms with Gasteiger partial charge in [0.05, 0.1) is 0 Å². The number of benzene rings is 3. The van der Waals surface area contributed by atoms with Gasteiger partial charge in [0.15, 0.2) is 0 Å². The van der Waals surface area contributed by atoms with Crippen molar-refractivity contribution in [2.24, 2.45) is 4.99 Å². The van der Waals surface area contributed by atoms with Crippen molar-refractivity contribution < 1.29 is 9.50 Å². The van der Waals surface area contributed by atoms with E-state index in [0.29, 0.717) is 22.6 Å². The van der Waals surface area contributed by atoms with Gasteiger partial charge in [0.2, 0.25) is 0 Å². The molecule has 148 valence electrons. The van der Waals surface area contributed by atoms with Crippen LogP contribution >= 0.6 is 27.5 Å². The van der Waals surface area contributed by atoms with Gasteiger partial charge in [0.25, 0.3) is 0 Å². The van der Waals surface area contributed by atoms with Crippen LogP contribution < -0.4 is 5.32 Å². The van der Waals surface area contributed by atoms with E-state index in [1.54, 1.807) is 30.3 Å². The van der Waals surface area contributed by atoms with Crippen LogP contribution in [0.15, 0.2) is 70.1 Å². The summed E-state index contributed by atoms with van der Waals surface area (Å²) in [6.07, 6.45) is -0.0516. The van der Waals surface area contributed by atoms with Gasteiger partial charge in [-0.1, -0.05) is 57.4 Å². The van der Waals surface area contributed by atoms with E-state index in [1.807, 2.05) is 31.2 Å². The molecule has 3 aromatic rings. The van der Waals surface area contributed by atoms with Gasteiger partial charge in [-0.15, -0.1) is 0 Å². The highest BCUT2D eigenvalue weighted by atomic mass is 79.9. The van der Waals surface area contributed by atoms with Gasteiger partial charge in [-0.3, -0.25) is 10.3 Å². The number of halogens is 3. The molecule has 0 aliphatic carbocycles. The maximum absolute atomic E-state index is 14.6. The molecule has 0 fully saturated rings. The molecule has 1 aliphatic heterocycles. The first kappa shape index (κ1) is 20.1. The molecule has 0 saturated carbocycles. The van der Waals surface area contributed by atoms with Crippen LogP contribution in [0.5, 0.6) is 5.75 Å². The normalized spacial score (nSPS) is 19.1. The molecule has 0 aromatic heterocycles. The number of aliphatic imine (C=N–C) groups is 1. The quantitative estimate of drug-likeness (QED) is 0.457. The van der Waals surface area contributed by atoms with Gasteiger partial charge >= 0.3 is 0 Å². The Kier molecular flexibility index (Phi) is 5.72. The van der Waals surface area contributed by atoms with E-state index in [4.69, 9.17) is 16.6 Å². The van der Waals surface area contributed by atoms with E-state index < -0.39 is 6.17 Å². The van der Waals surface area contributed by atoms with Crippen molar-refractivity contribution in [3.8, 4) is 5.75 Å². The summed E-state index contributed by atoms with van der Waals surface area (Å²) in [4.78, 5) is 4.81. The lowest BCUT2D eigenvalue weighted by atomic mass is 9.93. The summed E-state index contributed by atoms with van der Waals surface area (Å²) in [5, 5.41) is 14.3. The van der Waals surface area contributed by atoms with Crippen LogP contribution in [-0.2, 0) is 0 Å². The highest BCUT2D eigenvalue weighted by Gasteiger charge is 2.29. The molecule has 4 rings (SSSR count). The number of phenols is 1. The van der Waals surface area contributed by atoms with Crippen molar-refractivity contribution >= 4 is 33.2 Å². The second-order valence-corrected chi connectivity index (χ2v) is 8.49. The van der Waals surface area contributed by atoms with E-state index in [0.717, 1.165) is 21.3 Å². The minimum Gasteiger partial charge on any atom is -0.508 e. The predicted octanol–water partition coefficient (Wildman–Crippen LogP) is 6.48. The smallest absolute Gasteiger partial charge is 0.129 e. The molecule has 0 unspecified atom stereocenters. The first-order valence-electron chi connectivity index (χ1n) is 9.24. The van der Waals surface area contributed by atoms with E-state index in [1.165, 1.54) is 6.07 Å². The number of nitrogens with zero attached hydrogens (tertiary/aromatic N) is 1. The van der Waals surface area contributed by atoms with Crippen LogP contribution in [0.2, 0.25) is 5.02 Å². The largest absolute Gasteiger partial charge is 0.508 e. The van der Waals surface area contributed by atoms with Crippen LogP contribution in [-0.4, -0.2) is 10.8 Å². The molecule has 3 aromatic carbocycles. The number of rotatable bonds is 3. The zero-order chi connectivity index (χ0) is 20.5. The molecule has 1 aliphatic rings. The number of hydrogen-bond donors (Lipinski definition) is 2. The van der Waals surface area contributed by atoms with Crippen LogP contribution in [0, 0.1) is 12.7 Å². The van der Waals surface area contributed by atoms with Crippen molar-refractivity contribution in [1.29, 1.82) is 0 Å². The van der Waals surface area contributed by atoms with Crippen molar-refractivity contribution in [2.75, 3.05) is 0 Å². The highest BCUT2D eigenvalue weighted by Crippen LogP contribution is 2.36. The van der Waals surface area contributed by atoms with Gasteiger partial charge in [-0.05, 0) is 48.9 Å². The second-order valence-electron chi connectivity index (χ2n) is 7.14. The minimum atomic E-state index is -0.596. The first-order valence-corrected chi connectivity index (χ1v) is 10.4. The lowest BCUT2D eigenvalue weighted by molar-refractivity contribution is 0.405. The summed E-state index contributed by atoms with van der Waals surface area (Å²) >= 11 is 9.58. The van der Waals surface area contributed by atoms with Crippen LogP contribution in [0.4, 0.5) is 4.39 Å². The summed E-state index contributed by atoms with van der Waals surface area (Å²) in [7, 11) is 0. The maximum atomic E-state index is 14.6. The lowest BCUT2D eigenvalue weighted by Gasteiger charge is -2.31. The fraction of sp³-hybridized carbons (Fsp3) is 0.174. The van der Waals surface area contributed by atoms with Crippen LogP contribution in [0.25, 0.3) is 0 Å². The Bertz CT molecular complexity index is 1080. The monoisotopic (exact) mass is 472 g/mol. The predicted molar refractivity (Wildman–Crippen MR) is 118 cm³/mol. The summed E-state index contributed by atoms with van der Waals surface area (Å²) in [6, 6.07) is 17.6. The Labute approximate surface area is 182 Å². The zero-order valence-electron chi connectivity index (χ0n) is 15.7. The Hall–Kier alpha value is -2.21. The second kappa shape index (κ2) is 8.27. The van der Waals surface area contributed by atoms with Crippen molar-refractivity contribution in [3.05, 3.63) is 98.2 Å². The summed E-state index contributed by atoms with van der Waals surface area (Å²) < 4.78 is 15.4. The average molecular weight is 474 g/mol. The lowest BCUT2D eigenvalue weighted by Crippen LogP contribution is -2.33. The molecule has 0 saturated heterocycles. The third kappa shape index (κ3) is 4.37. The first-order chi connectivity index (χ1) is 13.9. The van der Waals surface area contributed by atoms with Crippen molar-refractivity contribution in [3.63, 3.8) is 0 Å². The Morgan fingerprint density at radius 3 is 2.59 bits per heavy atom. The average Bonchev–Trinajstić information content (AvgIpc) is 2.72. The highest BCUT2D eigenvalue weighted by molar-refractivity contribution is 9.10. The van der Waals surface area contributed by atoms with E-state index in [9.17, 15) is 9.50 Å². The fourth-order valence-electron chi connectivity index (χ4n) is 3.51. The molecule has 2 N–H and O–H groups in total. The summed E-state index contributed by atoms with van der Waals surface area (Å²) in [5.74, 6) is -0.195. The number of phenolic OH excluding ortho intramolecular Hbond substituents is 1. The van der Waals surface area contributed by atoms with Crippen molar-refractivity contribution in [1.82, 2.24) is 5.32 Å². The van der Waals surface area contributed by atoms with Gasteiger partial charge in [0, 0.05) is 38.8 Å². The van der Waals surface area contributed by atoms with Gasteiger partial charge < -0.3 is 5.11 Å². The van der Waals surface area contributed by atoms with E-state index in [2.05, 4.69) is 21.2 Å². The van der Waals surface area contributed by atoms with E-state index in [-0.39, 0.29) is 17.6 Å². The Morgan fingerprint density at radius 1 is 1.07 bits per heavy atom. The topological polar surface area (TPSA) is 44.6 Å². The Morgan fingerprint density at radius 2 is 1.83 bits per heavy atom. The molecule has 2 atom stereocenters. The Balaban J connectivity index is 1.80. The third-order valence-electron chi connectivity index (χ3n) is 5.04. The summed E-state index contributed by atoms with van der Waals surface area (Å²) in [6.45, 7) is 2.03. The summed E-state index contributed by atoms with van der Waals surface area (Å²) in [5.41, 5.74) is 4.08. The molecule has 29 heavy (non-hydrogen) atoms.